The third-order valence-corrected chi connectivity index (χ3v) is 3.44. The van der Waals surface area contributed by atoms with Gasteiger partial charge in [0.25, 0.3) is 5.91 Å². The van der Waals surface area contributed by atoms with Crippen molar-refractivity contribution in [3.05, 3.63) is 58.6 Å². The lowest BCUT2D eigenvalue weighted by Crippen LogP contribution is -2.30. The van der Waals surface area contributed by atoms with E-state index < -0.39 is 18.0 Å². The number of ether oxygens (including phenoxy) is 1. The SMILES string of the molecule is Cc1ccc(C(=O)[O-])cc1NC(=O)[C@@H](C)Oc1cccc(Cl)c1. The molecule has 0 aromatic heterocycles. The molecule has 0 aliphatic heterocycles. The number of benzene rings is 2. The number of carboxylic acid groups (broad SMARTS) is 1. The van der Waals surface area contributed by atoms with Gasteiger partial charge < -0.3 is 20.0 Å². The predicted octanol–water partition coefficient (Wildman–Crippen LogP) is 2.42. The summed E-state index contributed by atoms with van der Waals surface area (Å²) < 4.78 is 5.52. The lowest BCUT2D eigenvalue weighted by atomic mass is 10.1. The fraction of sp³-hybridized carbons (Fsp3) is 0.176. The van der Waals surface area contributed by atoms with Gasteiger partial charge in [-0.2, -0.15) is 0 Å². The van der Waals surface area contributed by atoms with E-state index in [0.29, 0.717) is 16.5 Å². The second-order valence-electron chi connectivity index (χ2n) is 5.02. The van der Waals surface area contributed by atoms with E-state index in [1.54, 1.807) is 44.2 Å². The molecule has 0 unspecified atom stereocenters. The smallest absolute Gasteiger partial charge is 0.265 e. The van der Waals surface area contributed by atoms with Crippen LogP contribution in [0.1, 0.15) is 22.8 Å². The molecule has 0 fully saturated rings. The third kappa shape index (κ3) is 4.47. The minimum absolute atomic E-state index is 0.00527. The van der Waals surface area contributed by atoms with Crippen molar-refractivity contribution in [3.8, 4) is 5.75 Å². The van der Waals surface area contributed by atoms with Gasteiger partial charge in [0, 0.05) is 10.7 Å². The predicted molar refractivity (Wildman–Crippen MR) is 85.7 cm³/mol. The molecule has 1 amide bonds. The van der Waals surface area contributed by atoms with Gasteiger partial charge in [-0.3, -0.25) is 4.79 Å². The van der Waals surface area contributed by atoms with E-state index in [2.05, 4.69) is 5.32 Å². The Kier molecular flexibility index (Phi) is 5.24. The maximum absolute atomic E-state index is 12.2. The standard InChI is InChI=1S/C17H16ClNO4/c1-10-6-7-12(17(21)22)8-15(10)19-16(20)11(2)23-14-5-3-4-13(18)9-14/h3-9,11H,1-2H3,(H,19,20)(H,21,22)/p-1/t11-/m1/s1. The van der Waals surface area contributed by atoms with Gasteiger partial charge in [-0.05, 0) is 49.2 Å². The molecule has 2 aromatic carbocycles. The lowest BCUT2D eigenvalue weighted by molar-refractivity contribution is -0.255. The van der Waals surface area contributed by atoms with E-state index >= 15 is 0 Å². The van der Waals surface area contributed by atoms with Crippen molar-refractivity contribution < 1.29 is 19.4 Å². The van der Waals surface area contributed by atoms with Crippen LogP contribution in [0.3, 0.4) is 0 Å². The van der Waals surface area contributed by atoms with Gasteiger partial charge in [-0.15, -0.1) is 0 Å². The van der Waals surface area contributed by atoms with Crippen molar-refractivity contribution in [1.82, 2.24) is 0 Å². The number of rotatable bonds is 5. The van der Waals surface area contributed by atoms with Crippen LogP contribution in [-0.2, 0) is 4.79 Å². The van der Waals surface area contributed by atoms with Crippen molar-refractivity contribution in [2.45, 2.75) is 20.0 Å². The van der Waals surface area contributed by atoms with Crippen molar-refractivity contribution in [1.29, 1.82) is 0 Å². The van der Waals surface area contributed by atoms with E-state index in [4.69, 9.17) is 16.3 Å². The average Bonchev–Trinajstić information content (AvgIpc) is 2.49. The molecule has 2 rings (SSSR count). The number of carboxylic acids is 1. The molecule has 1 N–H and O–H groups in total. The Morgan fingerprint density at radius 3 is 2.61 bits per heavy atom. The molecule has 120 valence electrons. The fourth-order valence-corrected chi connectivity index (χ4v) is 2.10. The highest BCUT2D eigenvalue weighted by Crippen LogP contribution is 2.20. The molecule has 0 aliphatic carbocycles. The summed E-state index contributed by atoms with van der Waals surface area (Å²) in [5.41, 5.74) is 1.13. The van der Waals surface area contributed by atoms with Gasteiger partial charge in [-0.1, -0.05) is 29.8 Å². The Morgan fingerprint density at radius 1 is 1.22 bits per heavy atom. The highest BCUT2D eigenvalue weighted by Gasteiger charge is 2.16. The van der Waals surface area contributed by atoms with E-state index in [1.807, 2.05) is 0 Å². The maximum Gasteiger partial charge on any atom is 0.265 e. The third-order valence-electron chi connectivity index (χ3n) is 3.21. The Morgan fingerprint density at radius 2 is 1.96 bits per heavy atom. The normalized spacial score (nSPS) is 11.6. The number of nitrogens with one attached hydrogen (secondary N) is 1. The minimum atomic E-state index is -1.30. The Balaban J connectivity index is 2.09. The van der Waals surface area contributed by atoms with Crippen molar-refractivity contribution >= 4 is 29.2 Å². The number of hydrogen-bond donors (Lipinski definition) is 1. The molecule has 23 heavy (non-hydrogen) atoms. The number of carbonyl (C=O) groups is 2. The first kappa shape index (κ1) is 16.8. The number of anilines is 1. The molecule has 0 bridgehead atoms. The minimum Gasteiger partial charge on any atom is -0.545 e. The lowest BCUT2D eigenvalue weighted by Gasteiger charge is -2.16. The van der Waals surface area contributed by atoms with Crippen molar-refractivity contribution in [2.75, 3.05) is 5.32 Å². The fourth-order valence-electron chi connectivity index (χ4n) is 1.92. The number of amides is 1. The van der Waals surface area contributed by atoms with E-state index in [9.17, 15) is 14.7 Å². The zero-order valence-corrected chi connectivity index (χ0v) is 13.4. The monoisotopic (exact) mass is 332 g/mol. The Labute approximate surface area is 138 Å². The van der Waals surface area contributed by atoms with Crippen LogP contribution in [0.25, 0.3) is 0 Å². The van der Waals surface area contributed by atoms with Crippen LogP contribution < -0.4 is 15.2 Å². The zero-order chi connectivity index (χ0) is 17.0. The van der Waals surface area contributed by atoms with Crippen LogP contribution in [-0.4, -0.2) is 18.0 Å². The first-order valence-corrected chi connectivity index (χ1v) is 7.29. The molecule has 6 heteroatoms. The van der Waals surface area contributed by atoms with Gasteiger partial charge in [-0.25, -0.2) is 0 Å². The van der Waals surface area contributed by atoms with Gasteiger partial charge in [0.2, 0.25) is 0 Å². The molecule has 0 saturated heterocycles. The van der Waals surface area contributed by atoms with Gasteiger partial charge in [0.05, 0.1) is 5.97 Å². The molecule has 5 nitrogen and oxygen atoms in total. The molecule has 0 saturated carbocycles. The summed E-state index contributed by atoms with van der Waals surface area (Å²) in [5.74, 6) is -1.23. The highest BCUT2D eigenvalue weighted by atomic mass is 35.5. The number of aromatic carboxylic acids is 1. The topological polar surface area (TPSA) is 78.5 Å². The summed E-state index contributed by atoms with van der Waals surface area (Å²) in [4.78, 5) is 23.1. The Bertz CT molecular complexity index is 745. The van der Waals surface area contributed by atoms with E-state index in [-0.39, 0.29) is 5.56 Å². The number of aryl methyl sites for hydroxylation is 1. The largest absolute Gasteiger partial charge is 0.545 e. The second kappa shape index (κ2) is 7.15. The molecular weight excluding hydrogens is 318 g/mol. The first-order chi connectivity index (χ1) is 10.9. The summed E-state index contributed by atoms with van der Waals surface area (Å²) in [6, 6.07) is 11.1. The molecular formula is C17H15ClNO4-. The number of carbonyl (C=O) groups excluding carboxylic acids is 2. The van der Waals surface area contributed by atoms with Gasteiger partial charge in [0.1, 0.15) is 5.75 Å². The van der Waals surface area contributed by atoms with E-state index in [0.717, 1.165) is 5.56 Å². The molecule has 0 radical (unpaired) electrons. The Hall–Kier alpha value is -2.53. The summed E-state index contributed by atoms with van der Waals surface area (Å²) in [5, 5.41) is 14.1. The summed E-state index contributed by atoms with van der Waals surface area (Å²) in [7, 11) is 0. The maximum atomic E-state index is 12.2. The van der Waals surface area contributed by atoms with Crippen LogP contribution in [0.15, 0.2) is 42.5 Å². The summed E-state index contributed by atoms with van der Waals surface area (Å²) in [6.45, 7) is 3.35. The van der Waals surface area contributed by atoms with Crippen molar-refractivity contribution in [3.63, 3.8) is 0 Å². The summed E-state index contributed by atoms with van der Waals surface area (Å²) in [6.07, 6.45) is -0.778. The average molecular weight is 333 g/mol. The number of hydrogen-bond acceptors (Lipinski definition) is 4. The zero-order valence-electron chi connectivity index (χ0n) is 12.6. The van der Waals surface area contributed by atoms with Crippen LogP contribution in [0.5, 0.6) is 5.75 Å². The van der Waals surface area contributed by atoms with Crippen LogP contribution in [0.2, 0.25) is 5.02 Å². The van der Waals surface area contributed by atoms with Crippen molar-refractivity contribution in [2.24, 2.45) is 0 Å². The van der Waals surface area contributed by atoms with Crippen LogP contribution in [0, 0.1) is 6.92 Å². The highest BCUT2D eigenvalue weighted by molar-refractivity contribution is 6.30. The van der Waals surface area contributed by atoms with Crippen LogP contribution >= 0.6 is 11.6 Å². The van der Waals surface area contributed by atoms with E-state index in [1.165, 1.54) is 12.1 Å². The van der Waals surface area contributed by atoms with Crippen LogP contribution in [0.4, 0.5) is 5.69 Å². The first-order valence-electron chi connectivity index (χ1n) is 6.92. The molecule has 0 heterocycles. The van der Waals surface area contributed by atoms with Gasteiger partial charge >= 0.3 is 0 Å². The summed E-state index contributed by atoms with van der Waals surface area (Å²) >= 11 is 5.86. The molecule has 0 spiro atoms. The molecule has 0 aliphatic rings. The van der Waals surface area contributed by atoms with Gasteiger partial charge in [0.15, 0.2) is 6.10 Å². The molecule has 2 aromatic rings. The number of halogens is 1. The second-order valence-corrected chi connectivity index (χ2v) is 5.46. The molecule has 1 atom stereocenters. The quantitative estimate of drug-likeness (QED) is 0.912.